The number of hydrogen-bond donors (Lipinski definition) is 0. The van der Waals surface area contributed by atoms with E-state index in [0.29, 0.717) is 12.2 Å². The maximum Gasteiger partial charge on any atom is 0.337 e. The lowest BCUT2D eigenvalue weighted by Crippen LogP contribution is -2.34. The average molecular weight is 358 g/mol. The number of esters is 1. The van der Waals surface area contributed by atoms with E-state index in [9.17, 15) is 19.7 Å². The van der Waals surface area contributed by atoms with Gasteiger partial charge in [0.1, 0.15) is 0 Å². The molecule has 0 aliphatic carbocycles. The Morgan fingerprint density at radius 3 is 2.42 bits per heavy atom. The largest absolute Gasteiger partial charge is 0.477 e. The van der Waals surface area contributed by atoms with Gasteiger partial charge >= 0.3 is 11.7 Å². The van der Waals surface area contributed by atoms with Crippen LogP contribution in [0.5, 0.6) is 5.75 Å². The summed E-state index contributed by atoms with van der Waals surface area (Å²) in [5, 5.41) is 11.1. The molecule has 0 saturated heterocycles. The second-order valence-electron chi connectivity index (χ2n) is 5.19. The molecule has 0 atom stereocenters. The monoisotopic (exact) mass is 358 g/mol. The van der Waals surface area contributed by atoms with Crippen LogP contribution in [-0.4, -0.2) is 37.1 Å². The van der Waals surface area contributed by atoms with Gasteiger partial charge in [-0.2, -0.15) is 0 Å². The number of likely N-dealkylation sites (N-methyl/N-ethyl adjacent to an activating group) is 1. The molecular weight excluding hydrogens is 340 g/mol. The van der Waals surface area contributed by atoms with Crippen LogP contribution in [0.2, 0.25) is 0 Å². The molecule has 8 heteroatoms. The minimum atomic E-state index is -0.657. The highest BCUT2D eigenvalue weighted by Crippen LogP contribution is 2.28. The summed E-state index contributed by atoms with van der Waals surface area (Å²) in [6.45, 7) is 1.82. The minimum absolute atomic E-state index is 0.0935. The lowest BCUT2D eigenvalue weighted by molar-refractivity contribution is -0.385. The summed E-state index contributed by atoms with van der Waals surface area (Å²) in [6, 6.07) is 12.6. The molecule has 2 rings (SSSR count). The van der Waals surface area contributed by atoms with Crippen molar-refractivity contribution in [3.8, 4) is 5.75 Å². The lowest BCUT2D eigenvalue weighted by Gasteiger charge is -2.21. The molecule has 0 unspecified atom stereocenters. The highest BCUT2D eigenvalue weighted by molar-refractivity contribution is 5.94. The van der Waals surface area contributed by atoms with E-state index >= 15 is 0 Å². The third-order valence-electron chi connectivity index (χ3n) is 3.61. The van der Waals surface area contributed by atoms with Crippen LogP contribution < -0.4 is 9.64 Å². The van der Waals surface area contributed by atoms with Gasteiger partial charge in [0.05, 0.1) is 17.6 Å². The van der Waals surface area contributed by atoms with Crippen molar-refractivity contribution >= 4 is 23.3 Å². The molecule has 2 aromatic rings. The first-order valence-corrected chi connectivity index (χ1v) is 7.82. The SMILES string of the molecule is CCN(C(=O)COc1cc(C(=O)OC)ccc1[N+](=O)[O-])c1ccccc1. The van der Waals surface area contributed by atoms with Gasteiger partial charge in [-0.05, 0) is 25.1 Å². The third-order valence-corrected chi connectivity index (χ3v) is 3.61. The van der Waals surface area contributed by atoms with Crippen LogP contribution in [-0.2, 0) is 9.53 Å². The van der Waals surface area contributed by atoms with Gasteiger partial charge in [0.15, 0.2) is 12.4 Å². The van der Waals surface area contributed by atoms with E-state index in [2.05, 4.69) is 4.74 Å². The predicted octanol–water partition coefficient (Wildman–Crippen LogP) is 2.81. The van der Waals surface area contributed by atoms with Gasteiger partial charge in [0, 0.05) is 24.4 Å². The molecule has 0 bridgehead atoms. The van der Waals surface area contributed by atoms with E-state index in [1.165, 1.54) is 24.1 Å². The molecule has 0 N–H and O–H groups in total. The second-order valence-corrected chi connectivity index (χ2v) is 5.19. The predicted molar refractivity (Wildman–Crippen MR) is 94.4 cm³/mol. The quantitative estimate of drug-likeness (QED) is 0.429. The molecule has 0 radical (unpaired) electrons. The van der Waals surface area contributed by atoms with Crippen LogP contribution in [0.3, 0.4) is 0 Å². The fourth-order valence-corrected chi connectivity index (χ4v) is 2.35. The van der Waals surface area contributed by atoms with Crippen molar-refractivity contribution < 1.29 is 24.0 Å². The van der Waals surface area contributed by atoms with Gasteiger partial charge in [0.25, 0.3) is 5.91 Å². The number of benzene rings is 2. The Kier molecular flexibility index (Phi) is 6.26. The summed E-state index contributed by atoms with van der Waals surface area (Å²) in [7, 11) is 1.20. The summed E-state index contributed by atoms with van der Waals surface area (Å²) >= 11 is 0. The molecule has 8 nitrogen and oxygen atoms in total. The number of carbonyl (C=O) groups excluding carboxylic acids is 2. The number of nitro benzene ring substituents is 1. The molecule has 0 saturated carbocycles. The number of amides is 1. The zero-order valence-electron chi connectivity index (χ0n) is 14.4. The topological polar surface area (TPSA) is 99.0 Å². The lowest BCUT2D eigenvalue weighted by atomic mass is 10.2. The maximum absolute atomic E-state index is 12.4. The van der Waals surface area contributed by atoms with E-state index in [-0.39, 0.29) is 22.9 Å². The minimum Gasteiger partial charge on any atom is -0.477 e. The zero-order valence-corrected chi connectivity index (χ0v) is 14.4. The highest BCUT2D eigenvalue weighted by Gasteiger charge is 2.21. The summed E-state index contributed by atoms with van der Waals surface area (Å²) in [4.78, 5) is 36.0. The van der Waals surface area contributed by atoms with Crippen LogP contribution in [0.15, 0.2) is 48.5 Å². The van der Waals surface area contributed by atoms with Gasteiger partial charge < -0.3 is 14.4 Å². The fourth-order valence-electron chi connectivity index (χ4n) is 2.35. The summed E-state index contributed by atoms with van der Waals surface area (Å²) in [6.07, 6.45) is 0. The normalized spacial score (nSPS) is 10.1. The van der Waals surface area contributed by atoms with E-state index in [0.717, 1.165) is 6.07 Å². The number of ether oxygens (including phenoxy) is 2. The van der Waals surface area contributed by atoms with Crippen LogP contribution >= 0.6 is 0 Å². The van der Waals surface area contributed by atoms with Crippen LogP contribution in [0, 0.1) is 10.1 Å². The number of carbonyl (C=O) groups is 2. The van der Waals surface area contributed by atoms with Gasteiger partial charge in [-0.3, -0.25) is 14.9 Å². The number of anilines is 1. The van der Waals surface area contributed by atoms with Gasteiger partial charge in [-0.25, -0.2) is 4.79 Å². The number of hydrogen-bond acceptors (Lipinski definition) is 6. The third kappa shape index (κ3) is 4.35. The maximum atomic E-state index is 12.4. The van der Waals surface area contributed by atoms with Crippen molar-refractivity contribution in [3.05, 3.63) is 64.2 Å². The van der Waals surface area contributed by atoms with E-state index < -0.39 is 17.5 Å². The van der Waals surface area contributed by atoms with Gasteiger partial charge in [-0.1, -0.05) is 18.2 Å². The Labute approximate surface area is 150 Å². The molecule has 0 aromatic heterocycles. The first kappa shape index (κ1) is 18.9. The fraction of sp³-hybridized carbons (Fsp3) is 0.222. The Hall–Kier alpha value is -3.42. The molecule has 136 valence electrons. The smallest absolute Gasteiger partial charge is 0.337 e. The van der Waals surface area contributed by atoms with E-state index in [1.807, 2.05) is 13.0 Å². The van der Waals surface area contributed by atoms with Crippen LogP contribution in [0.4, 0.5) is 11.4 Å². The molecule has 0 aliphatic heterocycles. The number of methoxy groups -OCH3 is 1. The van der Waals surface area contributed by atoms with Crippen molar-refractivity contribution in [2.24, 2.45) is 0 Å². The number of nitro groups is 1. The van der Waals surface area contributed by atoms with Crippen molar-refractivity contribution in [2.75, 3.05) is 25.2 Å². The second kappa shape index (κ2) is 8.61. The Balaban J connectivity index is 2.20. The van der Waals surface area contributed by atoms with Crippen LogP contribution in [0.25, 0.3) is 0 Å². The molecule has 0 heterocycles. The number of para-hydroxylation sites is 1. The van der Waals surface area contributed by atoms with Gasteiger partial charge in [-0.15, -0.1) is 0 Å². The average Bonchev–Trinajstić information content (AvgIpc) is 2.66. The molecular formula is C18H18N2O6. The van der Waals surface area contributed by atoms with Gasteiger partial charge in [0.2, 0.25) is 0 Å². The molecule has 1 amide bonds. The number of rotatable bonds is 7. The Morgan fingerprint density at radius 2 is 1.85 bits per heavy atom. The van der Waals surface area contributed by atoms with Crippen molar-refractivity contribution in [1.29, 1.82) is 0 Å². The molecule has 0 aliphatic rings. The summed E-state index contributed by atoms with van der Waals surface area (Å²) in [5.74, 6) is -1.19. The summed E-state index contributed by atoms with van der Waals surface area (Å²) < 4.78 is 9.95. The van der Waals surface area contributed by atoms with Crippen LogP contribution in [0.1, 0.15) is 17.3 Å². The zero-order chi connectivity index (χ0) is 19.1. The summed E-state index contributed by atoms with van der Waals surface area (Å²) in [5.41, 5.74) is 0.450. The van der Waals surface area contributed by atoms with Crippen molar-refractivity contribution in [3.63, 3.8) is 0 Å². The standard InChI is InChI=1S/C18H18N2O6/c1-3-19(14-7-5-4-6-8-14)17(21)12-26-16-11-13(18(22)25-2)9-10-15(16)20(23)24/h4-11H,3,12H2,1-2H3. The van der Waals surface area contributed by atoms with Crippen molar-refractivity contribution in [1.82, 2.24) is 0 Å². The molecule has 2 aromatic carbocycles. The number of nitrogens with zero attached hydrogens (tertiary/aromatic N) is 2. The Morgan fingerprint density at radius 1 is 1.15 bits per heavy atom. The van der Waals surface area contributed by atoms with E-state index in [4.69, 9.17) is 4.74 Å². The molecule has 0 spiro atoms. The van der Waals surface area contributed by atoms with Crippen molar-refractivity contribution in [2.45, 2.75) is 6.92 Å². The van der Waals surface area contributed by atoms with E-state index in [1.54, 1.807) is 24.3 Å². The first-order valence-electron chi connectivity index (χ1n) is 7.82. The Bertz CT molecular complexity index is 807. The molecule has 26 heavy (non-hydrogen) atoms. The first-order chi connectivity index (χ1) is 12.5. The molecule has 0 fully saturated rings. The highest BCUT2D eigenvalue weighted by atomic mass is 16.6.